The first-order valence-corrected chi connectivity index (χ1v) is 6.92. The van der Waals surface area contributed by atoms with Gasteiger partial charge >= 0.3 is 12.4 Å². The molecule has 0 aliphatic carbocycles. The molecule has 1 heterocycles. The van der Waals surface area contributed by atoms with Crippen molar-refractivity contribution in [1.82, 2.24) is 4.90 Å². The number of carbonyl (C=O) groups excluding carboxylic acids is 1. The number of carbonyl (C=O) groups is 1. The third-order valence-corrected chi connectivity index (χ3v) is 3.87. The lowest BCUT2D eigenvalue weighted by atomic mass is 9.97. The summed E-state index contributed by atoms with van der Waals surface area (Å²) < 4.78 is 78.7. The lowest BCUT2D eigenvalue weighted by Gasteiger charge is -2.33. The molecule has 132 valence electrons. The molecule has 0 aromatic heterocycles. The Morgan fingerprint density at radius 3 is 2.46 bits per heavy atom. The predicted octanol–water partition coefficient (Wildman–Crippen LogP) is 3.84. The number of hydrogen-bond donors (Lipinski definition) is 1. The molecular formula is C15H14F6N2O. The molecule has 1 aliphatic rings. The van der Waals surface area contributed by atoms with Crippen LogP contribution in [0, 0.1) is 0 Å². The van der Waals surface area contributed by atoms with Crippen molar-refractivity contribution in [2.24, 2.45) is 0 Å². The van der Waals surface area contributed by atoms with Gasteiger partial charge in [-0.15, -0.1) is 0 Å². The molecule has 1 aromatic rings. The Hall–Kier alpha value is -2.19. The van der Waals surface area contributed by atoms with Crippen molar-refractivity contribution in [2.75, 3.05) is 18.4 Å². The summed E-state index contributed by atoms with van der Waals surface area (Å²) in [5, 5.41) is 2.16. The third-order valence-electron chi connectivity index (χ3n) is 3.87. The molecule has 1 N–H and O–H groups in total. The van der Waals surface area contributed by atoms with Gasteiger partial charge in [0.15, 0.2) is 5.54 Å². The van der Waals surface area contributed by atoms with Gasteiger partial charge in [-0.05, 0) is 30.7 Å². The third kappa shape index (κ3) is 3.49. The number of alkyl halides is 6. The van der Waals surface area contributed by atoms with Gasteiger partial charge in [0.05, 0.1) is 12.1 Å². The number of anilines is 1. The van der Waals surface area contributed by atoms with Gasteiger partial charge in [-0.3, -0.25) is 4.79 Å². The number of benzene rings is 1. The van der Waals surface area contributed by atoms with E-state index in [2.05, 4.69) is 11.9 Å². The summed E-state index contributed by atoms with van der Waals surface area (Å²) in [4.78, 5) is 12.5. The summed E-state index contributed by atoms with van der Waals surface area (Å²) in [5.74, 6) is -0.660. The van der Waals surface area contributed by atoms with Gasteiger partial charge in [0, 0.05) is 12.2 Å². The Morgan fingerprint density at radius 2 is 1.92 bits per heavy atom. The molecule has 1 saturated heterocycles. The molecule has 24 heavy (non-hydrogen) atoms. The van der Waals surface area contributed by atoms with Crippen LogP contribution in [0.3, 0.4) is 0 Å². The highest BCUT2D eigenvalue weighted by molar-refractivity contribution is 5.87. The van der Waals surface area contributed by atoms with Crippen LogP contribution in [0.5, 0.6) is 0 Å². The average Bonchev–Trinajstić information content (AvgIpc) is 2.91. The van der Waals surface area contributed by atoms with Crippen LogP contribution in [0.2, 0.25) is 0 Å². The number of nitrogens with zero attached hydrogens (tertiary/aromatic N) is 1. The van der Waals surface area contributed by atoms with Crippen LogP contribution in [-0.2, 0) is 11.0 Å². The molecule has 1 aromatic carbocycles. The first-order chi connectivity index (χ1) is 11.0. The number of rotatable bonds is 3. The molecule has 1 amide bonds. The standard InChI is InChI=1S/C15H14F6N2O/c1-2-12(24)23-7-6-13(9-23,15(19,20)21)22-11-5-3-4-10(8-11)14(16,17)18/h2-5,8,22H,1,6-7,9H2. The lowest BCUT2D eigenvalue weighted by Crippen LogP contribution is -2.54. The van der Waals surface area contributed by atoms with Crippen molar-refractivity contribution in [3.8, 4) is 0 Å². The largest absolute Gasteiger partial charge is 0.416 e. The molecule has 1 unspecified atom stereocenters. The minimum atomic E-state index is -4.75. The van der Waals surface area contributed by atoms with Gasteiger partial charge in [0.2, 0.25) is 5.91 Å². The first-order valence-electron chi connectivity index (χ1n) is 6.92. The molecule has 0 spiro atoms. The van der Waals surface area contributed by atoms with Gasteiger partial charge in [-0.1, -0.05) is 12.6 Å². The molecule has 0 radical (unpaired) electrons. The normalized spacial score (nSPS) is 21.7. The van der Waals surface area contributed by atoms with E-state index in [1.165, 1.54) is 0 Å². The van der Waals surface area contributed by atoms with Gasteiger partial charge < -0.3 is 10.2 Å². The number of hydrogen-bond acceptors (Lipinski definition) is 2. The van der Waals surface area contributed by atoms with Crippen LogP contribution in [0.1, 0.15) is 12.0 Å². The summed E-state index contributed by atoms with van der Waals surface area (Å²) in [7, 11) is 0. The summed E-state index contributed by atoms with van der Waals surface area (Å²) in [5.41, 5.74) is -3.87. The van der Waals surface area contributed by atoms with Crippen molar-refractivity contribution >= 4 is 11.6 Å². The topological polar surface area (TPSA) is 32.3 Å². The molecule has 1 atom stereocenters. The molecule has 1 aliphatic heterocycles. The smallest absolute Gasteiger partial charge is 0.370 e. The second-order valence-corrected chi connectivity index (χ2v) is 5.50. The van der Waals surface area contributed by atoms with Crippen molar-refractivity contribution in [3.05, 3.63) is 42.5 Å². The monoisotopic (exact) mass is 352 g/mol. The number of amides is 1. The number of nitrogens with one attached hydrogen (secondary N) is 1. The SMILES string of the molecule is C=CC(=O)N1CCC(Nc2cccc(C(F)(F)F)c2)(C(F)(F)F)C1. The maximum Gasteiger partial charge on any atom is 0.416 e. The van der Waals surface area contributed by atoms with Crippen LogP contribution < -0.4 is 5.32 Å². The van der Waals surface area contributed by atoms with Crippen LogP contribution in [0.4, 0.5) is 32.0 Å². The van der Waals surface area contributed by atoms with E-state index in [1.54, 1.807) is 0 Å². The van der Waals surface area contributed by atoms with Crippen LogP contribution in [0.15, 0.2) is 36.9 Å². The minimum Gasteiger partial charge on any atom is -0.370 e. The van der Waals surface area contributed by atoms with Crippen LogP contribution >= 0.6 is 0 Å². The predicted molar refractivity (Wildman–Crippen MR) is 75.2 cm³/mol. The van der Waals surface area contributed by atoms with Gasteiger partial charge in [-0.25, -0.2) is 0 Å². The molecule has 0 saturated carbocycles. The van der Waals surface area contributed by atoms with Crippen LogP contribution in [0.25, 0.3) is 0 Å². The fraction of sp³-hybridized carbons (Fsp3) is 0.400. The maximum atomic E-state index is 13.5. The van der Waals surface area contributed by atoms with E-state index >= 15 is 0 Å². The highest BCUT2D eigenvalue weighted by atomic mass is 19.4. The molecule has 0 bridgehead atoms. The summed E-state index contributed by atoms with van der Waals surface area (Å²) >= 11 is 0. The van der Waals surface area contributed by atoms with E-state index in [1.807, 2.05) is 0 Å². The van der Waals surface area contributed by atoms with E-state index in [0.717, 1.165) is 29.2 Å². The molecule has 2 rings (SSSR count). The number of likely N-dealkylation sites (tertiary alicyclic amines) is 1. The van der Waals surface area contributed by atoms with Gasteiger partial charge in [-0.2, -0.15) is 26.3 Å². The van der Waals surface area contributed by atoms with Gasteiger partial charge in [0.1, 0.15) is 0 Å². The van der Waals surface area contributed by atoms with Crippen molar-refractivity contribution in [2.45, 2.75) is 24.3 Å². The zero-order valence-corrected chi connectivity index (χ0v) is 12.3. The fourth-order valence-corrected chi connectivity index (χ4v) is 2.58. The lowest BCUT2D eigenvalue weighted by molar-refractivity contribution is -0.175. The first kappa shape index (κ1) is 18.2. The molecular weight excluding hydrogens is 338 g/mol. The Labute approximate surface area is 133 Å². The zero-order chi connectivity index (χ0) is 18.2. The Bertz CT molecular complexity index is 640. The summed E-state index contributed by atoms with van der Waals surface area (Å²) in [6.07, 6.45) is -8.98. The Morgan fingerprint density at radius 1 is 1.25 bits per heavy atom. The molecule has 1 fully saturated rings. The van der Waals surface area contributed by atoms with Crippen molar-refractivity contribution in [1.29, 1.82) is 0 Å². The maximum absolute atomic E-state index is 13.5. The van der Waals surface area contributed by atoms with E-state index < -0.39 is 42.3 Å². The zero-order valence-electron chi connectivity index (χ0n) is 12.3. The van der Waals surface area contributed by atoms with Crippen molar-refractivity contribution < 1.29 is 31.1 Å². The average molecular weight is 352 g/mol. The van der Waals surface area contributed by atoms with E-state index in [4.69, 9.17) is 0 Å². The van der Waals surface area contributed by atoms with Gasteiger partial charge in [0.25, 0.3) is 0 Å². The fourth-order valence-electron chi connectivity index (χ4n) is 2.58. The highest BCUT2D eigenvalue weighted by Crippen LogP contribution is 2.41. The molecule has 3 nitrogen and oxygen atoms in total. The summed E-state index contributed by atoms with van der Waals surface area (Å²) in [6, 6.07) is 3.54. The number of halogens is 6. The Kier molecular flexibility index (Phi) is 4.56. The second-order valence-electron chi connectivity index (χ2n) is 5.50. The van der Waals surface area contributed by atoms with E-state index in [0.29, 0.717) is 6.07 Å². The minimum absolute atomic E-state index is 0.170. The Balaban J connectivity index is 2.32. The summed E-state index contributed by atoms with van der Waals surface area (Å²) in [6.45, 7) is 2.35. The highest BCUT2D eigenvalue weighted by Gasteiger charge is 2.58. The van der Waals surface area contributed by atoms with Crippen LogP contribution in [-0.4, -0.2) is 35.6 Å². The second kappa shape index (κ2) is 6.03. The van der Waals surface area contributed by atoms with Crippen molar-refractivity contribution in [3.63, 3.8) is 0 Å². The molecule has 9 heteroatoms. The quantitative estimate of drug-likeness (QED) is 0.662. The van der Waals surface area contributed by atoms with E-state index in [9.17, 15) is 31.1 Å². The van der Waals surface area contributed by atoms with E-state index in [-0.39, 0.29) is 12.2 Å².